The molecule has 0 aromatic carbocycles. The van der Waals surface area contributed by atoms with E-state index in [2.05, 4.69) is 79.6 Å². The molecule has 236 valence electrons. The molecule has 1 fully saturated rings. The number of alkyl halides is 5. The van der Waals surface area contributed by atoms with Crippen molar-refractivity contribution in [2.75, 3.05) is 0 Å². The van der Waals surface area contributed by atoms with Crippen LogP contribution in [0.4, 0.5) is 0 Å². The predicted molar refractivity (Wildman–Crippen MR) is 169 cm³/mol. The molecule has 0 aliphatic heterocycles. The summed E-state index contributed by atoms with van der Waals surface area (Å²) in [6.45, 7) is 15.4. The van der Waals surface area contributed by atoms with E-state index in [1.807, 2.05) is 0 Å². The van der Waals surface area contributed by atoms with E-state index in [-0.39, 0.29) is 6.42 Å². The van der Waals surface area contributed by atoms with E-state index in [0.29, 0.717) is 0 Å². The third kappa shape index (κ3) is 11.6. The SMILES string of the molecule is CC(C)(Br)C(=O)OC1CC(OC(=O)C(C)(C)Br)C(OC(=O)C(C)(C)Br)C(OC(=O)C(C)(C)Br)C1OC(=O)C(C)(C)Br. The van der Waals surface area contributed by atoms with Gasteiger partial charge >= 0.3 is 29.8 Å². The predicted octanol–water partition coefficient (Wildman–Crippen LogP) is 5.82. The van der Waals surface area contributed by atoms with Gasteiger partial charge in [0.25, 0.3) is 0 Å². The van der Waals surface area contributed by atoms with Crippen LogP contribution in [-0.4, -0.2) is 82.0 Å². The number of esters is 5. The van der Waals surface area contributed by atoms with Crippen LogP contribution in [0.3, 0.4) is 0 Å². The van der Waals surface area contributed by atoms with Crippen LogP contribution in [0.5, 0.6) is 0 Å². The Morgan fingerprint density at radius 3 is 0.829 bits per heavy atom. The maximum atomic E-state index is 13.2. The fraction of sp³-hybridized carbons (Fsp3) is 0.808. The summed E-state index contributed by atoms with van der Waals surface area (Å²) in [6, 6.07) is 0. The lowest BCUT2D eigenvalue weighted by atomic mass is 9.85. The Balaban J connectivity index is 3.87. The minimum atomic E-state index is -1.56. The molecule has 0 saturated heterocycles. The van der Waals surface area contributed by atoms with Crippen molar-refractivity contribution in [1.82, 2.24) is 0 Å². The summed E-state index contributed by atoms with van der Waals surface area (Å²) in [4.78, 5) is 65.3. The summed E-state index contributed by atoms with van der Waals surface area (Å²) in [5, 5.41) is 0. The molecule has 1 saturated carbocycles. The second-order valence-electron chi connectivity index (χ2n) is 12.1. The second-order valence-corrected chi connectivity index (χ2v) is 22.0. The highest BCUT2D eigenvalue weighted by Gasteiger charge is 2.57. The average Bonchev–Trinajstić information content (AvgIpc) is 2.74. The van der Waals surface area contributed by atoms with Crippen molar-refractivity contribution in [3.8, 4) is 0 Å². The molecule has 10 nitrogen and oxygen atoms in total. The molecule has 0 aromatic rings. The Kier molecular flexibility index (Phi) is 13.1. The van der Waals surface area contributed by atoms with Gasteiger partial charge in [-0.25, -0.2) is 0 Å². The van der Waals surface area contributed by atoms with E-state index < -0.39 is 82.0 Å². The van der Waals surface area contributed by atoms with Gasteiger partial charge in [-0.3, -0.25) is 24.0 Å². The van der Waals surface area contributed by atoms with Crippen LogP contribution in [0.15, 0.2) is 0 Å². The summed E-state index contributed by atoms with van der Waals surface area (Å²) in [7, 11) is 0. The van der Waals surface area contributed by atoms with Crippen LogP contribution in [0.1, 0.15) is 75.7 Å². The smallest absolute Gasteiger partial charge is 0.322 e. The normalized spacial score (nSPS) is 24.1. The molecule has 0 spiro atoms. The third-order valence-electron chi connectivity index (χ3n) is 5.52. The molecule has 4 unspecified atom stereocenters. The van der Waals surface area contributed by atoms with Crippen LogP contribution in [-0.2, 0) is 47.7 Å². The van der Waals surface area contributed by atoms with Crippen molar-refractivity contribution in [3.05, 3.63) is 0 Å². The summed E-state index contributed by atoms with van der Waals surface area (Å²) < 4.78 is 23.1. The first-order valence-corrected chi connectivity index (χ1v) is 16.5. The van der Waals surface area contributed by atoms with Crippen molar-refractivity contribution in [1.29, 1.82) is 0 Å². The highest BCUT2D eigenvalue weighted by molar-refractivity contribution is 9.11. The highest BCUT2D eigenvalue weighted by Crippen LogP contribution is 2.37. The maximum absolute atomic E-state index is 13.2. The molecular formula is C26H37Br5O10. The van der Waals surface area contributed by atoms with E-state index in [1.165, 1.54) is 41.5 Å². The van der Waals surface area contributed by atoms with Crippen molar-refractivity contribution >= 4 is 109 Å². The van der Waals surface area contributed by atoms with Crippen molar-refractivity contribution in [2.24, 2.45) is 0 Å². The zero-order valence-electron chi connectivity index (χ0n) is 24.6. The van der Waals surface area contributed by atoms with Gasteiger partial charge in [0.1, 0.15) is 33.8 Å². The molecule has 0 bridgehead atoms. The first-order valence-electron chi connectivity index (χ1n) is 12.6. The number of halogens is 5. The number of hydrogen-bond donors (Lipinski definition) is 0. The molecule has 0 aromatic heterocycles. The first kappa shape index (κ1) is 38.8. The van der Waals surface area contributed by atoms with Gasteiger partial charge in [0.2, 0.25) is 0 Å². The van der Waals surface area contributed by atoms with Gasteiger partial charge < -0.3 is 23.7 Å². The number of carbonyl (C=O) groups is 5. The van der Waals surface area contributed by atoms with Crippen LogP contribution >= 0.6 is 79.6 Å². The molecule has 0 N–H and O–H groups in total. The largest absolute Gasteiger partial charge is 0.457 e. The molecule has 1 rings (SSSR count). The molecule has 15 heteroatoms. The number of hydrogen-bond acceptors (Lipinski definition) is 10. The van der Waals surface area contributed by atoms with Gasteiger partial charge in [0, 0.05) is 6.42 Å². The lowest BCUT2D eigenvalue weighted by molar-refractivity contribution is -0.234. The maximum Gasteiger partial charge on any atom is 0.322 e. The summed E-state index contributed by atoms with van der Waals surface area (Å²) in [6.07, 6.45) is -7.29. The van der Waals surface area contributed by atoms with Crippen molar-refractivity contribution in [2.45, 2.75) is 128 Å². The standard InChI is InChI=1S/C26H37Br5O10/c1-22(2,27)17(32)37-12-11-13(38-18(33)23(3,4)28)15(40-20(35)25(7,8)30)16(41-21(36)26(9,10)31)14(12)39-19(34)24(5,6)29/h12-16H,11H2,1-10H3. The van der Waals surface area contributed by atoms with E-state index in [4.69, 9.17) is 23.7 Å². The molecular weight excluding hydrogens is 872 g/mol. The Hall–Kier alpha value is -0.250. The fourth-order valence-corrected chi connectivity index (χ4v) is 3.57. The Morgan fingerprint density at radius 2 is 0.610 bits per heavy atom. The van der Waals surface area contributed by atoms with Gasteiger partial charge in [-0.05, 0) is 69.2 Å². The lowest BCUT2D eigenvalue weighted by Crippen LogP contribution is -2.64. The minimum Gasteiger partial charge on any atom is -0.457 e. The monoisotopic (exact) mass is 904 g/mol. The summed E-state index contributed by atoms with van der Waals surface area (Å²) >= 11 is 16.3. The van der Waals surface area contributed by atoms with Crippen molar-refractivity contribution < 1.29 is 47.7 Å². The topological polar surface area (TPSA) is 132 Å². The number of rotatable bonds is 10. The van der Waals surface area contributed by atoms with Gasteiger partial charge in [-0.15, -0.1) is 0 Å². The molecule has 4 atom stereocenters. The van der Waals surface area contributed by atoms with Gasteiger partial charge in [0.05, 0.1) is 0 Å². The summed E-state index contributed by atoms with van der Waals surface area (Å²) in [5.41, 5.74) is 0. The molecule has 41 heavy (non-hydrogen) atoms. The van der Waals surface area contributed by atoms with Crippen LogP contribution in [0.2, 0.25) is 0 Å². The number of ether oxygens (including phenoxy) is 5. The van der Waals surface area contributed by atoms with E-state index in [9.17, 15) is 24.0 Å². The van der Waals surface area contributed by atoms with Gasteiger partial charge in [-0.2, -0.15) is 0 Å². The molecule has 0 heterocycles. The zero-order valence-corrected chi connectivity index (χ0v) is 32.5. The second kappa shape index (κ2) is 13.8. The fourth-order valence-electron chi connectivity index (χ4n) is 3.10. The van der Waals surface area contributed by atoms with E-state index in [1.54, 1.807) is 27.7 Å². The van der Waals surface area contributed by atoms with Crippen LogP contribution < -0.4 is 0 Å². The Labute approximate surface area is 283 Å². The Bertz CT molecular complexity index is 946. The third-order valence-corrected chi connectivity index (χ3v) is 7.14. The minimum absolute atomic E-state index is 0.253. The van der Waals surface area contributed by atoms with E-state index >= 15 is 0 Å². The summed E-state index contributed by atoms with van der Waals surface area (Å²) in [5.74, 6) is -3.81. The first-order chi connectivity index (χ1) is 18.1. The van der Waals surface area contributed by atoms with Crippen molar-refractivity contribution in [3.63, 3.8) is 0 Å². The molecule has 1 aliphatic rings. The number of carbonyl (C=O) groups excluding carboxylic acids is 5. The molecule has 1 aliphatic carbocycles. The Morgan fingerprint density at radius 1 is 0.415 bits per heavy atom. The lowest BCUT2D eigenvalue weighted by Gasteiger charge is -2.45. The van der Waals surface area contributed by atoms with E-state index in [0.717, 1.165) is 0 Å². The highest BCUT2D eigenvalue weighted by atomic mass is 79.9. The van der Waals surface area contributed by atoms with Crippen LogP contribution in [0, 0.1) is 0 Å². The van der Waals surface area contributed by atoms with Gasteiger partial charge in [0.15, 0.2) is 18.3 Å². The zero-order chi connectivity index (χ0) is 32.5. The molecule has 0 radical (unpaired) electrons. The quantitative estimate of drug-likeness (QED) is 0.150. The van der Waals surface area contributed by atoms with Crippen LogP contribution in [0.25, 0.3) is 0 Å². The average molecular weight is 909 g/mol. The molecule has 0 amide bonds. The van der Waals surface area contributed by atoms with Gasteiger partial charge in [-0.1, -0.05) is 79.6 Å².